The first kappa shape index (κ1) is 12.4. The van der Waals surface area contributed by atoms with Crippen molar-refractivity contribution in [1.82, 2.24) is 4.72 Å². The van der Waals surface area contributed by atoms with Crippen LogP contribution in [0.1, 0.15) is 33.6 Å². The topological polar surface area (TPSA) is 83.5 Å². The molecule has 1 saturated carbocycles. The Hall–Kier alpha value is -0.620. The van der Waals surface area contributed by atoms with Crippen LogP contribution in [-0.4, -0.2) is 30.3 Å². The first-order valence-electron chi connectivity index (χ1n) is 4.96. The molecule has 1 aliphatic rings. The molecule has 1 aliphatic carbocycles. The van der Waals surface area contributed by atoms with E-state index in [4.69, 9.17) is 5.11 Å². The molecule has 0 aromatic rings. The van der Waals surface area contributed by atoms with Crippen molar-refractivity contribution in [2.45, 2.75) is 44.4 Å². The van der Waals surface area contributed by atoms with Crippen molar-refractivity contribution >= 4 is 16.0 Å². The maximum absolute atomic E-state index is 11.6. The second-order valence-electron chi connectivity index (χ2n) is 4.48. The van der Waals surface area contributed by atoms with Crippen molar-refractivity contribution in [1.29, 1.82) is 0 Å². The van der Waals surface area contributed by atoms with Gasteiger partial charge in [-0.05, 0) is 39.5 Å². The maximum Gasteiger partial charge on any atom is 0.324 e. The quantitative estimate of drug-likeness (QED) is 0.729. The van der Waals surface area contributed by atoms with Gasteiger partial charge in [0.05, 0.1) is 5.25 Å². The van der Waals surface area contributed by atoms with Crippen LogP contribution in [0, 0.1) is 5.92 Å². The zero-order chi connectivity index (χ0) is 11.9. The highest BCUT2D eigenvalue weighted by Crippen LogP contribution is 2.40. The van der Waals surface area contributed by atoms with Gasteiger partial charge in [0.1, 0.15) is 5.54 Å². The lowest BCUT2D eigenvalue weighted by Crippen LogP contribution is -2.55. The van der Waals surface area contributed by atoms with Crippen LogP contribution in [-0.2, 0) is 14.8 Å². The van der Waals surface area contributed by atoms with Crippen LogP contribution >= 0.6 is 0 Å². The van der Waals surface area contributed by atoms with E-state index in [0.29, 0.717) is 0 Å². The summed E-state index contributed by atoms with van der Waals surface area (Å²) in [5.74, 6) is -1.18. The van der Waals surface area contributed by atoms with Gasteiger partial charge in [-0.25, -0.2) is 8.42 Å². The molecule has 0 aromatic heterocycles. The van der Waals surface area contributed by atoms with E-state index in [1.807, 2.05) is 0 Å². The van der Waals surface area contributed by atoms with E-state index < -0.39 is 26.8 Å². The number of rotatable bonds is 5. The Kier molecular flexibility index (Phi) is 3.11. The van der Waals surface area contributed by atoms with Crippen LogP contribution in [0.3, 0.4) is 0 Å². The van der Waals surface area contributed by atoms with Crippen molar-refractivity contribution in [3.05, 3.63) is 0 Å². The third-order valence-electron chi connectivity index (χ3n) is 2.81. The van der Waals surface area contributed by atoms with E-state index in [1.165, 1.54) is 20.8 Å². The highest BCUT2D eigenvalue weighted by molar-refractivity contribution is 7.90. The van der Waals surface area contributed by atoms with Gasteiger partial charge in [-0.3, -0.25) is 4.79 Å². The third-order valence-corrected chi connectivity index (χ3v) is 4.76. The summed E-state index contributed by atoms with van der Waals surface area (Å²) in [5, 5.41) is 8.45. The number of carboxylic acid groups (broad SMARTS) is 1. The second-order valence-corrected chi connectivity index (χ2v) is 6.71. The van der Waals surface area contributed by atoms with Crippen LogP contribution in [0.5, 0.6) is 0 Å². The minimum absolute atomic E-state index is 0.0801. The second kappa shape index (κ2) is 3.75. The Bertz CT molecular complexity index is 358. The Balaban J connectivity index is 2.90. The molecular formula is C9H17NO4S. The number of carbonyl (C=O) groups is 1. The van der Waals surface area contributed by atoms with Gasteiger partial charge in [0.25, 0.3) is 0 Å². The number of sulfonamides is 1. The maximum atomic E-state index is 11.6. The summed E-state index contributed by atoms with van der Waals surface area (Å²) in [4.78, 5) is 11.1. The van der Waals surface area contributed by atoms with Crippen LogP contribution in [0.25, 0.3) is 0 Å². The summed E-state index contributed by atoms with van der Waals surface area (Å²) in [7, 11) is -3.54. The van der Waals surface area contributed by atoms with Crippen LogP contribution in [0.2, 0.25) is 0 Å². The summed E-state index contributed by atoms with van der Waals surface area (Å²) in [6.07, 6.45) is 1.53. The first-order chi connectivity index (χ1) is 6.70. The minimum atomic E-state index is -3.54. The molecule has 1 atom stereocenters. The Labute approximate surface area is 89.9 Å². The van der Waals surface area contributed by atoms with Crippen molar-refractivity contribution in [3.8, 4) is 0 Å². The number of hydrogen-bond donors (Lipinski definition) is 2. The Morgan fingerprint density at radius 1 is 1.47 bits per heavy atom. The lowest BCUT2D eigenvalue weighted by molar-refractivity contribution is -0.144. The molecular weight excluding hydrogens is 218 g/mol. The zero-order valence-corrected chi connectivity index (χ0v) is 9.97. The number of aliphatic carboxylic acids is 1. The van der Waals surface area contributed by atoms with Gasteiger partial charge in [0.15, 0.2) is 0 Å². The predicted molar refractivity (Wildman–Crippen MR) is 56.0 cm³/mol. The third kappa shape index (κ3) is 2.49. The standard InChI is InChI=1S/C9H17NO4S/c1-6(2)15(13,14)10-9(3,8(11)12)7-4-5-7/h6-7,10H,4-5H2,1-3H3,(H,11,12). The van der Waals surface area contributed by atoms with Crippen molar-refractivity contribution in [2.75, 3.05) is 0 Å². The lowest BCUT2D eigenvalue weighted by atomic mass is 9.98. The lowest BCUT2D eigenvalue weighted by Gasteiger charge is -2.26. The average Bonchev–Trinajstić information content (AvgIpc) is 2.84. The van der Waals surface area contributed by atoms with E-state index in [-0.39, 0.29) is 5.92 Å². The molecule has 0 bridgehead atoms. The first-order valence-corrected chi connectivity index (χ1v) is 6.51. The molecule has 0 aliphatic heterocycles. The molecule has 5 nitrogen and oxygen atoms in total. The van der Waals surface area contributed by atoms with Gasteiger partial charge in [0, 0.05) is 0 Å². The van der Waals surface area contributed by atoms with Gasteiger partial charge in [-0.1, -0.05) is 0 Å². The van der Waals surface area contributed by atoms with Crippen LogP contribution in [0.15, 0.2) is 0 Å². The molecule has 0 spiro atoms. The van der Waals surface area contributed by atoms with Crippen LogP contribution < -0.4 is 4.72 Å². The molecule has 88 valence electrons. The fraction of sp³-hybridized carbons (Fsp3) is 0.889. The zero-order valence-electron chi connectivity index (χ0n) is 9.15. The molecule has 0 saturated heterocycles. The number of hydrogen-bond acceptors (Lipinski definition) is 3. The van der Waals surface area contributed by atoms with Crippen LogP contribution in [0.4, 0.5) is 0 Å². The van der Waals surface area contributed by atoms with Gasteiger partial charge >= 0.3 is 5.97 Å². The largest absolute Gasteiger partial charge is 0.480 e. The highest BCUT2D eigenvalue weighted by atomic mass is 32.2. The van der Waals surface area contributed by atoms with E-state index in [9.17, 15) is 13.2 Å². The normalized spacial score (nSPS) is 21.3. The van der Waals surface area contributed by atoms with E-state index in [2.05, 4.69) is 4.72 Å². The van der Waals surface area contributed by atoms with Gasteiger partial charge in [-0.15, -0.1) is 0 Å². The molecule has 0 heterocycles. The predicted octanol–water partition coefficient (Wildman–Crippen LogP) is 0.567. The SMILES string of the molecule is CC(C)S(=O)(=O)NC(C)(C(=O)O)C1CC1. The molecule has 0 amide bonds. The fourth-order valence-corrected chi connectivity index (χ4v) is 2.46. The highest BCUT2D eigenvalue weighted by Gasteiger charge is 2.50. The van der Waals surface area contributed by atoms with Gasteiger partial charge in [-0.2, -0.15) is 4.72 Å². The average molecular weight is 235 g/mol. The molecule has 0 aromatic carbocycles. The molecule has 1 fully saturated rings. The van der Waals surface area contributed by atoms with E-state index in [0.717, 1.165) is 12.8 Å². The molecule has 6 heteroatoms. The van der Waals surface area contributed by atoms with Gasteiger partial charge < -0.3 is 5.11 Å². The van der Waals surface area contributed by atoms with E-state index in [1.54, 1.807) is 0 Å². The molecule has 15 heavy (non-hydrogen) atoms. The molecule has 0 radical (unpaired) electrons. The summed E-state index contributed by atoms with van der Waals surface area (Å²) >= 11 is 0. The van der Waals surface area contributed by atoms with E-state index >= 15 is 0 Å². The van der Waals surface area contributed by atoms with Crippen molar-refractivity contribution in [2.24, 2.45) is 5.92 Å². The summed E-state index contributed by atoms with van der Waals surface area (Å²) in [6, 6.07) is 0. The summed E-state index contributed by atoms with van der Waals surface area (Å²) in [6.45, 7) is 4.49. The number of nitrogens with one attached hydrogen (secondary N) is 1. The molecule has 1 unspecified atom stereocenters. The van der Waals surface area contributed by atoms with Crippen molar-refractivity contribution in [3.63, 3.8) is 0 Å². The smallest absolute Gasteiger partial charge is 0.324 e. The summed E-state index contributed by atoms with van der Waals surface area (Å²) in [5.41, 5.74) is -1.34. The monoisotopic (exact) mass is 235 g/mol. The Morgan fingerprint density at radius 2 is 1.93 bits per heavy atom. The summed E-state index contributed by atoms with van der Waals surface area (Å²) < 4.78 is 25.5. The Morgan fingerprint density at radius 3 is 2.20 bits per heavy atom. The van der Waals surface area contributed by atoms with Crippen molar-refractivity contribution < 1.29 is 18.3 Å². The number of carboxylic acids is 1. The van der Waals surface area contributed by atoms with Gasteiger partial charge in [0.2, 0.25) is 10.0 Å². The fourth-order valence-electron chi connectivity index (χ4n) is 1.38. The molecule has 1 rings (SSSR count). The minimum Gasteiger partial charge on any atom is -0.480 e. The molecule has 2 N–H and O–H groups in total.